The van der Waals surface area contributed by atoms with Crippen molar-refractivity contribution in [3.8, 4) is 0 Å². The van der Waals surface area contributed by atoms with Gasteiger partial charge < -0.3 is 10.6 Å². The van der Waals surface area contributed by atoms with Gasteiger partial charge in [0, 0.05) is 28.7 Å². The van der Waals surface area contributed by atoms with Gasteiger partial charge in [0.25, 0.3) is 11.8 Å². The molecule has 150 valence electrons. The Hall–Kier alpha value is -3.07. The fourth-order valence-electron chi connectivity index (χ4n) is 3.33. The van der Waals surface area contributed by atoms with Gasteiger partial charge in [-0.2, -0.15) is 5.10 Å². The van der Waals surface area contributed by atoms with Gasteiger partial charge in [-0.15, -0.1) is 11.3 Å². The molecule has 1 atom stereocenters. The Morgan fingerprint density at radius 1 is 1.28 bits per heavy atom. The summed E-state index contributed by atoms with van der Waals surface area (Å²) >= 11 is 1.29. The highest BCUT2D eigenvalue weighted by Crippen LogP contribution is 2.24. The third-order valence-corrected chi connectivity index (χ3v) is 5.92. The Labute approximate surface area is 170 Å². The number of rotatable bonds is 6. The Kier molecular flexibility index (Phi) is 5.39. The summed E-state index contributed by atoms with van der Waals surface area (Å²) in [7, 11) is 0. The highest BCUT2D eigenvalue weighted by Gasteiger charge is 2.25. The van der Waals surface area contributed by atoms with Crippen LogP contribution >= 0.6 is 11.3 Å². The minimum Gasteiger partial charge on any atom is -0.346 e. The number of hydrogen-bond donors (Lipinski definition) is 3. The normalized spacial score (nSPS) is 13.7. The Balaban J connectivity index is 1.37. The van der Waals surface area contributed by atoms with Crippen LogP contribution in [0.3, 0.4) is 0 Å². The number of H-pyrrole nitrogens is 1. The quantitative estimate of drug-likeness (QED) is 0.579. The van der Waals surface area contributed by atoms with Crippen LogP contribution in [-0.2, 0) is 19.4 Å². The van der Waals surface area contributed by atoms with Gasteiger partial charge in [0.1, 0.15) is 16.5 Å². The summed E-state index contributed by atoms with van der Waals surface area (Å²) in [4.78, 5) is 29.2. The van der Waals surface area contributed by atoms with E-state index in [-0.39, 0.29) is 35.9 Å². The van der Waals surface area contributed by atoms with Crippen LogP contribution < -0.4 is 10.6 Å². The molecule has 0 saturated heterocycles. The van der Waals surface area contributed by atoms with Crippen molar-refractivity contribution in [3.63, 3.8) is 0 Å². The van der Waals surface area contributed by atoms with Crippen molar-refractivity contribution in [2.75, 3.05) is 0 Å². The molecule has 0 radical (unpaired) electrons. The number of nitrogens with one attached hydrogen (secondary N) is 3. The van der Waals surface area contributed by atoms with E-state index in [4.69, 9.17) is 0 Å². The van der Waals surface area contributed by atoms with Crippen LogP contribution in [0.25, 0.3) is 0 Å². The van der Waals surface area contributed by atoms with Crippen molar-refractivity contribution < 1.29 is 14.0 Å². The standard InChI is InChI=1S/C20H20FN5O2S/c1-11(23-19(28)17-13-6-4-8-15(13)25-26-17)20-24-16(10-29-20)18(27)22-9-12-5-2-3-7-14(12)21/h2-3,5,7,10-11H,4,6,8-9H2,1H3,(H,22,27)(H,23,28)(H,25,26)/t11-/m1/s1. The summed E-state index contributed by atoms with van der Waals surface area (Å²) in [5.41, 5.74) is 3.10. The third-order valence-electron chi connectivity index (χ3n) is 4.89. The van der Waals surface area contributed by atoms with E-state index in [0.717, 1.165) is 30.5 Å². The summed E-state index contributed by atoms with van der Waals surface area (Å²) in [6, 6.07) is 5.91. The SMILES string of the molecule is C[C@@H](NC(=O)c1n[nH]c2c1CCC2)c1nc(C(=O)NCc2ccccc2F)cs1. The van der Waals surface area contributed by atoms with Crippen LogP contribution in [0.2, 0.25) is 0 Å². The number of aryl methyl sites for hydroxylation is 1. The zero-order chi connectivity index (χ0) is 20.4. The van der Waals surface area contributed by atoms with Crippen LogP contribution in [0.5, 0.6) is 0 Å². The average molecular weight is 413 g/mol. The van der Waals surface area contributed by atoms with Gasteiger partial charge in [-0.05, 0) is 32.3 Å². The topological polar surface area (TPSA) is 99.8 Å². The van der Waals surface area contributed by atoms with Crippen LogP contribution in [0, 0.1) is 5.82 Å². The molecule has 1 aliphatic carbocycles. The molecule has 1 aliphatic rings. The maximum Gasteiger partial charge on any atom is 0.272 e. The predicted molar refractivity (Wildman–Crippen MR) is 106 cm³/mol. The number of benzene rings is 1. The molecular formula is C20H20FN5O2S. The lowest BCUT2D eigenvalue weighted by atomic mass is 10.2. The number of hydrogen-bond acceptors (Lipinski definition) is 5. The number of carbonyl (C=O) groups excluding carboxylic acids is 2. The first kappa shape index (κ1) is 19.3. The molecule has 2 amide bonds. The van der Waals surface area contributed by atoms with Crippen molar-refractivity contribution in [2.45, 2.75) is 38.8 Å². The summed E-state index contributed by atoms with van der Waals surface area (Å²) in [6.07, 6.45) is 2.80. The van der Waals surface area contributed by atoms with Gasteiger partial charge in [0.2, 0.25) is 0 Å². The number of carbonyl (C=O) groups is 2. The molecule has 0 aliphatic heterocycles. The molecule has 0 bridgehead atoms. The minimum absolute atomic E-state index is 0.0783. The molecule has 1 aromatic carbocycles. The van der Waals surface area contributed by atoms with Crippen molar-refractivity contribution in [1.29, 1.82) is 0 Å². The summed E-state index contributed by atoms with van der Waals surface area (Å²) in [5.74, 6) is -1.01. The zero-order valence-electron chi connectivity index (χ0n) is 15.8. The molecule has 4 rings (SSSR count). The third kappa shape index (κ3) is 4.04. The van der Waals surface area contributed by atoms with Gasteiger partial charge in [0.15, 0.2) is 5.69 Å². The minimum atomic E-state index is -0.389. The molecule has 0 unspecified atom stereocenters. The molecule has 2 aromatic heterocycles. The van der Waals surface area contributed by atoms with E-state index >= 15 is 0 Å². The fraction of sp³-hybridized carbons (Fsp3) is 0.300. The number of aromatic amines is 1. The predicted octanol–water partition coefficient (Wildman–Crippen LogP) is 2.92. The number of amides is 2. The number of aromatic nitrogens is 3. The first-order valence-electron chi connectivity index (χ1n) is 9.37. The van der Waals surface area contributed by atoms with E-state index in [0.29, 0.717) is 16.3 Å². The van der Waals surface area contributed by atoms with Gasteiger partial charge >= 0.3 is 0 Å². The molecule has 2 heterocycles. The molecule has 7 nitrogen and oxygen atoms in total. The first-order valence-corrected chi connectivity index (χ1v) is 10.2. The van der Waals surface area contributed by atoms with Crippen molar-refractivity contribution in [1.82, 2.24) is 25.8 Å². The van der Waals surface area contributed by atoms with Crippen molar-refractivity contribution in [2.24, 2.45) is 0 Å². The molecular weight excluding hydrogens is 393 g/mol. The number of halogens is 1. The van der Waals surface area contributed by atoms with E-state index in [9.17, 15) is 14.0 Å². The second-order valence-electron chi connectivity index (χ2n) is 6.92. The number of nitrogens with zero attached hydrogens (tertiary/aromatic N) is 2. The summed E-state index contributed by atoms with van der Waals surface area (Å²) in [6.45, 7) is 1.89. The van der Waals surface area contributed by atoms with E-state index in [1.165, 1.54) is 17.4 Å². The van der Waals surface area contributed by atoms with Crippen molar-refractivity contribution in [3.05, 3.63) is 68.7 Å². The van der Waals surface area contributed by atoms with Crippen molar-refractivity contribution >= 4 is 23.2 Å². The Bertz CT molecular complexity index is 1060. The van der Waals surface area contributed by atoms with Crippen LogP contribution in [0.4, 0.5) is 4.39 Å². The van der Waals surface area contributed by atoms with E-state index in [2.05, 4.69) is 25.8 Å². The molecule has 0 saturated carbocycles. The van der Waals surface area contributed by atoms with E-state index in [1.54, 1.807) is 23.6 Å². The molecule has 3 aromatic rings. The maximum absolute atomic E-state index is 13.7. The number of fused-ring (bicyclic) bond motifs is 1. The molecule has 3 N–H and O–H groups in total. The fourth-order valence-corrected chi connectivity index (χ4v) is 4.14. The smallest absolute Gasteiger partial charge is 0.272 e. The highest BCUT2D eigenvalue weighted by atomic mass is 32.1. The lowest BCUT2D eigenvalue weighted by Gasteiger charge is -2.10. The molecule has 29 heavy (non-hydrogen) atoms. The molecule has 0 fully saturated rings. The Morgan fingerprint density at radius 2 is 2.10 bits per heavy atom. The highest BCUT2D eigenvalue weighted by molar-refractivity contribution is 7.09. The monoisotopic (exact) mass is 413 g/mol. The molecule has 9 heteroatoms. The van der Waals surface area contributed by atoms with Gasteiger partial charge in [0.05, 0.1) is 6.04 Å². The maximum atomic E-state index is 13.7. The second kappa shape index (κ2) is 8.12. The van der Waals surface area contributed by atoms with Crippen LogP contribution in [-0.4, -0.2) is 27.0 Å². The van der Waals surface area contributed by atoms with Crippen LogP contribution in [0.15, 0.2) is 29.6 Å². The Morgan fingerprint density at radius 3 is 2.93 bits per heavy atom. The van der Waals surface area contributed by atoms with Gasteiger partial charge in [-0.1, -0.05) is 18.2 Å². The van der Waals surface area contributed by atoms with Gasteiger partial charge in [-0.3, -0.25) is 14.7 Å². The average Bonchev–Trinajstić information content (AvgIpc) is 3.43. The summed E-state index contributed by atoms with van der Waals surface area (Å²) < 4.78 is 13.7. The lowest BCUT2D eigenvalue weighted by molar-refractivity contribution is 0.0932. The number of thiazole rings is 1. The molecule has 0 spiro atoms. The summed E-state index contributed by atoms with van der Waals surface area (Å²) in [5, 5.41) is 14.8. The van der Waals surface area contributed by atoms with E-state index < -0.39 is 0 Å². The van der Waals surface area contributed by atoms with Crippen LogP contribution in [0.1, 0.15) is 62.2 Å². The largest absolute Gasteiger partial charge is 0.346 e. The lowest BCUT2D eigenvalue weighted by Crippen LogP contribution is -2.28. The zero-order valence-corrected chi connectivity index (χ0v) is 16.6. The van der Waals surface area contributed by atoms with E-state index in [1.807, 2.05) is 6.92 Å². The van der Waals surface area contributed by atoms with Gasteiger partial charge in [-0.25, -0.2) is 9.37 Å². The first-order chi connectivity index (χ1) is 14.0. The second-order valence-corrected chi connectivity index (χ2v) is 7.81.